The van der Waals surface area contributed by atoms with Crippen molar-refractivity contribution in [2.75, 3.05) is 19.6 Å². The Balaban J connectivity index is 2.41. The van der Waals surface area contributed by atoms with Crippen LogP contribution in [0.3, 0.4) is 0 Å². The number of nitrogens with zero attached hydrogens (tertiary/aromatic N) is 1. The molecule has 1 aliphatic rings. The van der Waals surface area contributed by atoms with Gasteiger partial charge in [0.25, 0.3) is 0 Å². The number of hydrogen-bond donors (Lipinski definition) is 2. The van der Waals surface area contributed by atoms with E-state index < -0.39 is 11.4 Å². The number of piperidine rings is 1. The average Bonchev–Trinajstić information content (AvgIpc) is 2.37. The van der Waals surface area contributed by atoms with Crippen molar-refractivity contribution in [3.05, 3.63) is 0 Å². The molecule has 5 nitrogen and oxygen atoms in total. The Morgan fingerprint density at radius 1 is 1.25 bits per heavy atom. The first-order chi connectivity index (χ1) is 9.20. The maximum atomic E-state index is 12.1. The van der Waals surface area contributed by atoms with E-state index in [0.29, 0.717) is 45.3 Å². The van der Waals surface area contributed by atoms with Crippen LogP contribution >= 0.6 is 0 Å². The summed E-state index contributed by atoms with van der Waals surface area (Å²) in [5.74, 6) is -0.599. The van der Waals surface area contributed by atoms with E-state index in [2.05, 4.69) is 26.1 Å². The van der Waals surface area contributed by atoms with E-state index in [4.69, 9.17) is 0 Å². The van der Waals surface area contributed by atoms with Gasteiger partial charge in [0.05, 0.1) is 5.41 Å². The molecule has 1 saturated heterocycles. The first kappa shape index (κ1) is 17.0. The highest BCUT2D eigenvalue weighted by molar-refractivity contribution is 5.78. The van der Waals surface area contributed by atoms with E-state index in [-0.39, 0.29) is 11.4 Å². The largest absolute Gasteiger partial charge is 0.481 e. The minimum Gasteiger partial charge on any atom is -0.481 e. The number of rotatable bonds is 5. The Hall–Kier alpha value is -1.10. The standard InChI is InChI=1S/C15H28N2O3/c1-5-15(13(19)20)7-10-17(11-8-15)12(18)6-9-16-14(2,3)4/h16H,5-11H2,1-4H3,(H,19,20). The van der Waals surface area contributed by atoms with Crippen LogP contribution in [0.5, 0.6) is 0 Å². The molecule has 1 amide bonds. The van der Waals surface area contributed by atoms with Crippen molar-refractivity contribution < 1.29 is 14.7 Å². The van der Waals surface area contributed by atoms with Crippen molar-refractivity contribution >= 4 is 11.9 Å². The lowest BCUT2D eigenvalue weighted by Crippen LogP contribution is -2.47. The van der Waals surface area contributed by atoms with E-state index >= 15 is 0 Å². The zero-order valence-corrected chi connectivity index (χ0v) is 13.2. The van der Waals surface area contributed by atoms with Crippen LogP contribution in [0.25, 0.3) is 0 Å². The fourth-order valence-corrected chi connectivity index (χ4v) is 2.61. The van der Waals surface area contributed by atoms with Crippen LogP contribution in [0, 0.1) is 5.41 Å². The van der Waals surface area contributed by atoms with Gasteiger partial charge in [-0.3, -0.25) is 9.59 Å². The molecule has 5 heteroatoms. The maximum absolute atomic E-state index is 12.1. The predicted octanol–water partition coefficient (Wildman–Crippen LogP) is 1.87. The van der Waals surface area contributed by atoms with Crippen molar-refractivity contribution in [3.8, 4) is 0 Å². The quantitative estimate of drug-likeness (QED) is 0.808. The molecule has 0 aromatic heterocycles. The van der Waals surface area contributed by atoms with Gasteiger partial charge in [-0.25, -0.2) is 0 Å². The van der Waals surface area contributed by atoms with E-state index in [1.54, 1.807) is 4.90 Å². The lowest BCUT2D eigenvalue weighted by Gasteiger charge is -2.38. The third-order valence-corrected chi connectivity index (χ3v) is 4.20. The molecular formula is C15H28N2O3. The summed E-state index contributed by atoms with van der Waals surface area (Å²) in [6.45, 7) is 9.92. The van der Waals surface area contributed by atoms with E-state index in [9.17, 15) is 14.7 Å². The molecule has 0 saturated carbocycles. The van der Waals surface area contributed by atoms with Gasteiger partial charge in [-0.15, -0.1) is 0 Å². The molecule has 0 aromatic rings. The molecule has 0 spiro atoms. The summed E-state index contributed by atoms with van der Waals surface area (Å²) >= 11 is 0. The molecule has 0 bridgehead atoms. The van der Waals surface area contributed by atoms with Gasteiger partial charge in [0.1, 0.15) is 0 Å². The van der Waals surface area contributed by atoms with Crippen molar-refractivity contribution in [2.45, 2.75) is 58.9 Å². The molecule has 1 rings (SSSR count). The number of nitrogens with one attached hydrogen (secondary N) is 1. The number of amides is 1. The number of aliphatic carboxylic acids is 1. The number of carbonyl (C=O) groups excluding carboxylic acids is 1. The van der Waals surface area contributed by atoms with Crippen LogP contribution in [0.15, 0.2) is 0 Å². The Bertz CT molecular complexity index is 353. The Kier molecular flexibility index (Phi) is 5.57. The van der Waals surface area contributed by atoms with Gasteiger partial charge in [0, 0.05) is 31.6 Å². The molecule has 1 heterocycles. The van der Waals surface area contributed by atoms with Gasteiger partial charge in [0.15, 0.2) is 0 Å². The monoisotopic (exact) mass is 284 g/mol. The molecule has 1 fully saturated rings. The first-order valence-electron chi connectivity index (χ1n) is 7.46. The second-order valence-corrected chi connectivity index (χ2v) is 6.75. The summed E-state index contributed by atoms with van der Waals surface area (Å²) in [5, 5.41) is 12.6. The predicted molar refractivity (Wildman–Crippen MR) is 78.5 cm³/mol. The average molecular weight is 284 g/mol. The third-order valence-electron chi connectivity index (χ3n) is 4.20. The lowest BCUT2D eigenvalue weighted by atomic mass is 9.76. The molecule has 0 atom stereocenters. The second-order valence-electron chi connectivity index (χ2n) is 6.75. The van der Waals surface area contributed by atoms with Gasteiger partial charge >= 0.3 is 5.97 Å². The lowest BCUT2D eigenvalue weighted by molar-refractivity contribution is -0.154. The molecule has 0 unspecified atom stereocenters. The molecule has 0 aromatic carbocycles. The number of likely N-dealkylation sites (tertiary alicyclic amines) is 1. The Morgan fingerprint density at radius 3 is 2.20 bits per heavy atom. The highest BCUT2D eigenvalue weighted by Gasteiger charge is 2.40. The number of hydrogen-bond acceptors (Lipinski definition) is 3. The molecule has 2 N–H and O–H groups in total. The highest BCUT2D eigenvalue weighted by Crippen LogP contribution is 2.35. The number of carboxylic acid groups (broad SMARTS) is 1. The molecule has 116 valence electrons. The van der Waals surface area contributed by atoms with Crippen LogP contribution < -0.4 is 5.32 Å². The van der Waals surface area contributed by atoms with Crippen molar-refractivity contribution in [2.24, 2.45) is 5.41 Å². The van der Waals surface area contributed by atoms with Crippen molar-refractivity contribution in [3.63, 3.8) is 0 Å². The maximum Gasteiger partial charge on any atom is 0.309 e. The van der Waals surface area contributed by atoms with Gasteiger partial charge in [-0.05, 0) is 40.0 Å². The zero-order chi connectivity index (χ0) is 15.4. The van der Waals surface area contributed by atoms with E-state index in [1.165, 1.54) is 0 Å². The Morgan fingerprint density at radius 2 is 1.80 bits per heavy atom. The SMILES string of the molecule is CCC1(C(=O)O)CCN(C(=O)CCNC(C)(C)C)CC1. The highest BCUT2D eigenvalue weighted by atomic mass is 16.4. The fraction of sp³-hybridized carbons (Fsp3) is 0.867. The summed E-state index contributed by atoms with van der Waals surface area (Å²) < 4.78 is 0. The summed E-state index contributed by atoms with van der Waals surface area (Å²) in [6, 6.07) is 0. The van der Waals surface area contributed by atoms with Crippen LogP contribution in [-0.4, -0.2) is 47.1 Å². The summed E-state index contributed by atoms with van der Waals surface area (Å²) in [5.41, 5.74) is -0.608. The van der Waals surface area contributed by atoms with Crippen molar-refractivity contribution in [1.29, 1.82) is 0 Å². The number of carboxylic acids is 1. The topological polar surface area (TPSA) is 69.6 Å². The molecular weight excluding hydrogens is 256 g/mol. The fourth-order valence-electron chi connectivity index (χ4n) is 2.61. The van der Waals surface area contributed by atoms with Crippen LogP contribution in [0.4, 0.5) is 0 Å². The first-order valence-corrected chi connectivity index (χ1v) is 7.46. The zero-order valence-electron chi connectivity index (χ0n) is 13.2. The van der Waals surface area contributed by atoms with Crippen LogP contribution in [-0.2, 0) is 9.59 Å². The van der Waals surface area contributed by atoms with Crippen LogP contribution in [0.2, 0.25) is 0 Å². The summed E-state index contributed by atoms with van der Waals surface area (Å²) in [7, 11) is 0. The summed E-state index contributed by atoms with van der Waals surface area (Å²) in [4.78, 5) is 25.3. The minimum atomic E-state index is -0.721. The second kappa shape index (κ2) is 6.57. The van der Waals surface area contributed by atoms with E-state index in [1.807, 2.05) is 6.92 Å². The molecule has 20 heavy (non-hydrogen) atoms. The number of carbonyl (C=O) groups is 2. The normalized spacial score (nSPS) is 18.9. The molecule has 0 radical (unpaired) electrons. The van der Waals surface area contributed by atoms with Gasteiger partial charge in [-0.2, -0.15) is 0 Å². The minimum absolute atomic E-state index is 0.0167. The van der Waals surface area contributed by atoms with E-state index in [0.717, 1.165) is 0 Å². The summed E-state index contributed by atoms with van der Waals surface area (Å²) in [6.07, 6.45) is 2.24. The van der Waals surface area contributed by atoms with Gasteiger partial charge in [-0.1, -0.05) is 6.92 Å². The van der Waals surface area contributed by atoms with Crippen LogP contribution in [0.1, 0.15) is 53.4 Å². The third kappa shape index (κ3) is 4.47. The smallest absolute Gasteiger partial charge is 0.309 e. The molecule has 0 aliphatic carbocycles. The van der Waals surface area contributed by atoms with Gasteiger partial charge < -0.3 is 15.3 Å². The Labute approximate surface area is 121 Å². The van der Waals surface area contributed by atoms with Gasteiger partial charge in [0.2, 0.25) is 5.91 Å². The molecule has 1 aliphatic heterocycles. The van der Waals surface area contributed by atoms with Crippen molar-refractivity contribution in [1.82, 2.24) is 10.2 Å².